The first kappa shape index (κ1) is 24.1. The molecule has 1 saturated carbocycles. The third-order valence-corrected chi connectivity index (χ3v) is 7.95. The number of carbonyl (C=O) groups is 1. The van der Waals surface area contributed by atoms with Crippen molar-refractivity contribution in [3.05, 3.63) is 12.2 Å². The van der Waals surface area contributed by atoms with E-state index in [1.54, 1.807) is 13.0 Å². The number of hydrogen-bond donors (Lipinski definition) is 2. The molecular weight excluding hydrogens is 474 g/mol. The second kappa shape index (κ2) is 11.3. The van der Waals surface area contributed by atoms with Crippen molar-refractivity contribution in [2.75, 3.05) is 0 Å². The van der Waals surface area contributed by atoms with Crippen LogP contribution in [0.1, 0.15) is 65.7 Å². The molecule has 2 aliphatic rings. The molecule has 0 bridgehead atoms. The van der Waals surface area contributed by atoms with Gasteiger partial charge in [-0.15, -0.1) is 0 Å². The molecule has 1 aliphatic carbocycles. The lowest BCUT2D eigenvalue weighted by Crippen LogP contribution is -2.24. The van der Waals surface area contributed by atoms with Gasteiger partial charge < -0.3 is 14.9 Å². The summed E-state index contributed by atoms with van der Waals surface area (Å²) in [7, 11) is 0. The highest BCUT2D eigenvalue weighted by Gasteiger charge is 2.48. The number of hydrogen-bond acceptors (Lipinski definition) is 3. The highest BCUT2D eigenvalue weighted by molar-refractivity contribution is 14.1. The van der Waals surface area contributed by atoms with Crippen LogP contribution in [0.15, 0.2) is 12.2 Å². The van der Waals surface area contributed by atoms with Gasteiger partial charge in [-0.2, -0.15) is 0 Å². The lowest BCUT2D eigenvalue weighted by atomic mass is 9.86. The molecule has 0 radical (unpaired) electrons. The molecule has 0 aromatic heterocycles. The minimum Gasteiger partial charge on any atom is -0.481 e. The Morgan fingerprint density at radius 1 is 1.32 bits per heavy atom. The number of rotatable bonds is 11. The molecule has 1 unspecified atom stereocenters. The number of allylic oxidation sites excluding steroid dienone is 1. The topological polar surface area (TPSA) is 66.8 Å². The molecule has 6 heteroatoms. The van der Waals surface area contributed by atoms with Gasteiger partial charge in [0, 0.05) is 3.92 Å². The first-order valence-corrected chi connectivity index (χ1v) is 12.0. The second-order valence-corrected chi connectivity index (χ2v) is 10.4. The third-order valence-electron chi connectivity index (χ3n) is 6.52. The van der Waals surface area contributed by atoms with Crippen LogP contribution in [-0.4, -0.2) is 44.6 Å². The summed E-state index contributed by atoms with van der Waals surface area (Å²) in [6.45, 7) is 5.98. The fourth-order valence-corrected chi connectivity index (χ4v) is 5.42. The summed E-state index contributed by atoms with van der Waals surface area (Å²) in [5.41, 5.74) is 0. The van der Waals surface area contributed by atoms with E-state index < -0.39 is 18.2 Å². The van der Waals surface area contributed by atoms with Crippen molar-refractivity contribution in [1.29, 1.82) is 0 Å². The van der Waals surface area contributed by atoms with Crippen molar-refractivity contribution in [3.63, 3.8) is 0 Å². The summed E-state index contributed by atoms with van der Waals surface area (Å²) >= 11 is 2.40. The summed E-state index contributed by atoms with van der Waals surface area (Å²) in [6.07, 6.45) is 7.46. The summed E-state index contributed by atoms with van der Waals surface area (Å²) < 4.78 is 20.7. The van der Waals surface area contributed by atoms with Crippen LogP contribution >= 0.6 is 22.6 Å². The summed E-state index contributed by atoms with van der Waals surface area (Å²) in [4.78, 5) is 11.0. The number of carboxylic acid groups (broad SMARTS) is 1. The minimum atomic E-state index is -1.19. The quantitative estimate of drug-likeness (QED) is 0.229. The molecule has 4 nitrogen and oxygen atoms in total. The number of carboxylic acids is 1. The van der Waals surface area contributed by atoms with Crippen molar-refractivity contribution in [3.8, 4) is 0 Å². The molecule has 2 fully saturated rings. The first-order chi connectivity index (χ1) is 13.2. The third kappa shape index (κ3) is 6.39. The highest BCUT2D eigenvalue weighted by atomic mass is 127. The fraction of sp³-hybridized carbons (Fsp3) is 0.864. The predicted octanol–water partition coefficient (Wildman–Crippen LogP) is 5.17. The molecule has 2 N–H and O–H groups in total. The van der Waals surface area contributed by atoms with Crippen LogP contribution in [0.25, 0.3) is 0 Å². The van der Waals surface area contributed by atoms with E-state index in [0.29, 0.717) is 34.5 Å². The van der Waals surface area contributed by atoms with Gasteiger partial charge in [0.05, 0.1) is 18.1 Å². The average molecular weight is 510 g/mol. The molecule has 162 valence electrons. The van der Waals surface area contributed by atoms with E-state index in [9.17, 15) is 14.3 Å². The Bertz CT molecular complexity index is 529. The Hall–Kier alpha value is -0.210. The number of halogens is 2. The van der Waals surface area contributed by atoms with Gasteiger partial charge in [0.1, 0.15) is 12.3 Å². The molecule has 0 aromatic carbocycles. The number of alkyl halides is 2. The van der Waals surface area contributed by atoms with E-state index in [2.05, 4.69) is 29.5 Å². The summed E-state index contributed by atoms with van der Waals surface area (Å²) in [6, 6.07) is 0. The molecule has 2 rings (SSSR count). The zero-order chi connectivity index (χ0) is 20.8. The van der Waals surface area contributed by atoms with Crippen molar-refractivity contribution in [1.82, 2.24) is 0 Å². The molecule has 0 spiro atoms. The van der Waals surface area contributed by atoms with Crippen LogP contribution in [0.5, 0.6) is 0 Å². The van der Waals surface area contributed by atoms with Gasteiger partial charge in [0.25, 0.3) is 0 Å². The number of unbranched alkanes of at least 4 members (excludes halogenated alkanes) is 1. The van der Waals surface area contributed by atoms with Gasteiger partial charge in [-0.3, -0.25) is 4.79 Å². The highest BCUT2D eigenvalue weighted by Crippen LogP contribution is 2.48. The SMILES string of the molecule is CCCC[C@@H](F)[C@H](O)C=C[C@H]1[C@H]2C[C@@H]([C@@H](I)CCC(C)C(=O)O)O[C@H]2C[C@H]1C. The van der Waals surface area contributed by atoms with Gasteiger partial charge in [0.2, 0.25) is 0 Å². The Labute approximate surface area is 182 Å². The summed E-state index contributed by atoms with van der Waals surface area (Å²) in [5.74, 6) is 0.121. The largest absolute Gasteiger partial charge is 0.481 e. The van der Waals surface area contributed by atoms with Crippen LogP contribution in [0.4, 0.5) is 4.39 Å². The van der Waals surface area contributed by atoms with E-state index >= 15 is 0 Å². The summed E-state index contributed by atoms with van der Waals surface area (Å²) in [5, 5.41) is 19.2. The monoisotopic (exact) mass is 510 g/mol. The molecule has 1 saturated heterocycles. The zero-order valence-electron chi connectivity index (χ0n) is 17.3. The number of aliphatic carboxylic acids is 1. The molecule has 28 heavy (non-hydrogen) atoms. The molecular formula is C22H36FIO4. The van der Waals surface area contributed by atoms with Gasteiger partial charge in [-0.05, 0) is 49.9 Å². The van der Waals surface area contributed by atoms with Crippen LogP contribution in [0.3, 0.4) is 0 Å². The van der Waals surface area contributed by atoms with E-state index in [1.807, 2.05) is 13.0 Å². The molecule has 0 aromatic rings. The predicted molar refractivity (Wildman–Crippen MR) is 117 cm³/mol. The van der Waals surface area contributed by atoms with Crippen LogP contribution < -0.4 is 0 Å². The van der Waals surface area contributed by atoms with Gasteiger partial charge in [-0.1, -0.05) is 68.4 Å². The number of fused-ring (bicyclic) bond motifs is 1. The zero-order valence-corrected chi connectivity index (χ0v) is 19.4. The molecule has 1 heterocycles. The fourth-order valence-electron chi connectivity index (χ4n) is 4.60. The maximum atomic E-state index is 14.0. The number of aliphatic hydroxyl groups excluding tert-OH is 1. The van der Waals surface area contributed by atoms with Crippen molar-refractivity contribution < 1.29 is 24.1 Å². The number of ether oxygens (including phenoxy) is 1. The Morgan fingerprint density at radius 3 is 2.68 bits per heavy atom. The Morgan fingerprint density at radius 2 is 2.04 bits per heavy atom. The van der Waals surface area contributed by atoms with Crippen LogP contribution in [0, 0.1) is 23.7 Å². The molecule has 1 aliphatic heterocycles. The van der Waals surface area contributed by atoms with Crippen molar-refractivity contribution in [2.45, 2.75) is 94.1 Å². The maximum absolute atomic E-state index is 14.0. The van der Waals surface area contributed by atoms with Crippen molar-refractivity contribution >= 4 is 28.6 Å². The van der Waals surface area contributed by atoms with Gasteiger partial charge >= 0.3 is 5.97 Å². The van der Waals surface area contributed by atoms with Crippen LogP contribution in [-0.2, 0) is 9.53 Å². The molecule has 9 atom stereocenters. The van der Waals surface area contributed by atoms with E-state index in [-0.39, 0.29) is 18.1 Å². The minimum absolute atomic E-state index is 0.156. The smallest absolute Gasteiger partial charge is 0.306 e. The van der Waals surface area contributed by atoms with E-state index in [4.69, 9.17) is 9.84 Å². The first-order valence-electron chi connectivity index (χ1n) is 10.8. The lowest BCUT2D eigenvalue weighted by molar-refractivity contribution is -0.141. The number of aliphatic hydroxyl groups is 1. The Kier molecular flexibility index (Phi) is 9.67. The second-order valence-electron chi connectivity index (χ2n) is 8.77. The van der Waals surface area contributed by atoms with Crippen LogP contribution in [0.2, 0.25) is 0 Å². The van der Waals surface area contributed by atoms with E-state index in [0.717, 1.165) is 32.1 Å². The van der Waals surface area contributed by atoms with Crippen molar-refractivity contribution in [2.24, 2.45) is 23.7 Å². The normalized spacial score (nSPS) is 34.3. The maximum Gasteiger partial charge on any atom is 0.306 e. The lowest BCUT2D eigenvalue weighted by Gasteiger charge is -2.22. The van der Waals surface area contributed by atoms with Gasteiger partial charge in [-0.25, -0.2) is 4.39 Å². The van der Waals surface area contributed by atoms with E-state index in [1.165, 1.54) is 0 Å². The Balaban J connectivity index is 1.88. The van der Waals surface area contributed by atoms with Gasteiger partial charge in [0.15, 0.2) is 0 Å². The molecule has 0 amide bonds. The standard InChI is InChI=1S/C22H36FIO4/c1-4-5-6-17(23)19(25)10-8-15-14(3)11-20-16(15)12-21(28-20)18(24)9-7-13(2)22(26)27/h8,10,13-21,25H,4-7,9,11-12H2,1-3H3,(H,26,27)/t13?,14-,15-,16-,17-,18+,19-,20+,21+/m1/s1. The average Bonchev–Trinajstić information content (AvgIpc) is 3.18.